The van der Waals surface area contributed by atoms with Crippen molar-refractivity contribution >= 4 is 11.7 Å². The lowest BCUT2D eigenvalue weighted by atomic mass is 10.2. The van der Waals surface area contributed by atoms with Crippen LogP contribution in [0, 0.1) is 0 Å². The largest absolute Gasteiger partial charge is 0.408 e. The quantitative estimate of drug-likeness (QED) is 0.804. The van der Waals surface area contributed by atoms with E-state index in [2.05, 4.69) is 15.5 Å². The minimum absolute atomic E-state index is 0.363. The summed E-state index contributed by atoms with van der Waals surface area (Å²) in [4.78, 5) is 0. The molecule has 0 saturated heterocycles. The summed E-state index contributed by atoms with van der Waals surface area (Å²) in [5.74, 6) is 0.532. The normalized spacial score (nSPS) is 10.6. The summed E-state index contributed by atoms with van der Waals surface area (Å²) in [7, 11) is 1.66. The Balaban J connectivity index is 2.12. The monoisotopic (exact) mass is 248 g/mol. The summed E-state index contributed by atoms with van der Waals surface area (Å²) in [5, 5.41) is 10.9. The highest BCUT2D eigenvalue weighted by molar-refractivity contribution is 5.57. The van der Waals surface area contributed by atoms with Gasteiger partial charge in [-0.05, 0) is 6.07 Å². The van der Waals surface area contributed by atoms with Crippen molar-refractivity contribution in [2.45, 2.75) is 13.0 Å². The molecule has 0 fully saturated rings. The summed E-state index contributed by atoms with van der Waals surface area (Å²) in [6.07, 6.45) is 0.578. The third-order valence-electron chi connectivity index (χ3n) is 2.38. The first-order chi connectivity index (χ1) is 8.83. The number of hydrogen-bond acceptors (Lipinski definition) is 6. The van der Waals surface area contributed by atoms with Gasteiger partial charge in [-0.25, -0.2) is 0 Å². The molecule has 0 amide bonds. The second kappa shape index (κ2) is 6.13. The Kier molecular flexibility index (Phi) is 4.27. The summed E-state index contributed by atoms with van der Waals surface area (Å²) in [6, 6.07) is 8.15. The minimum atomic E-state index is 0.363. The van der Waals surface area contributed by atoms with Gasteiger partial charge in [0.2, 0.25) is 5.89 Å². The van der Waals surface area contributed by atoms with E-state index >= 15 is 0 Å². The molecule has 1 aromatic heterocycles. The van der Waals surface area contributed by atoms with E-state index in [-0.39, 0.29) is 0 Å². The van der Waals surface area contributed by atoms with Crippen molar-refractivity contribution in [1.29, 1.82) is 0 Å². The molecule has 0 bridgehead atoms. The molecule has 96 valence electrons. The molecule has 0 atom stereocenters. The maximum absolute atomic E-state index is 5.42. The first kappa shape index (κ1) is 12.5. The molecule has 1 aromatic carbocycles. The Morgan fingerprint density at radius 2 is 2.17 bits per heavy atom. The third-order valence-corrected chi connectivity index (χ3v) is 2.38. The molecular formula is C12H16N4O2. The molecule has 0 radical (unpaired) electrons. The van der Waals surface area contributed by atoms with E-state index in [0.29, 0.717) is 31.5 Å². The molecular weight excluding hydrogens is 232 g/mol. The van der Waals surface area contributed by atoms with Gasteiger partial charge in [-0.15, -0.1) is 5.10 Å². The SMILES string of the molecule is COCc1ccccc1Nc1nnc(CCN)o1. The molecule has 0 aliphatic heterocycles. The average Bonchev–Trinajstić information content (AvgIpc) is 2.80. The molecule has 0 spiro atoms. The van der Waals surface area contributed by atoms with Gasteiger partial charge >= 0.3 is 6.01 Å². The predicted octanol–water partition coefficient (Wildman–Crippen LogP) is 1.46. The minimum Gasteiger partial charge on any atom is -0.408 e. The van der Waals surface area contributed by atoms with Crippen molar-refractivity contribution in [3.05, 3.63) is 35.7 Å². The van der Waals surface area contributed by atoms with Crippen LogP contribution in [0.15, 0.2) is 28.7 Å². The highest BCUT2D eigenvalue weighted by Crippen LogP contribution is 2.20. The molecule has 6 heteroatoms. The summed E-state index contributed by atoms with van der Waals surface area (Å²) < 4.78 is 10.5. The van der Waals surface area contributed by atoms with Gasteiger partial charge in [0, 0.05) is 31.3 Å². The smallest absolute Gasteiger partial charge is 0.320 e. The van der Waals surface area contributed by atoms with Crippen molar-refractivity contribution in [2.75, 3.05) is 19.0 Å². The van der Waals surface area contributed by atoms with E-state index in [9.17, 15) is 0 Å². The number of ether oxygens (including phenoxy) is 1. The van der Waals surface area contributed by atoms with Gasteiger partial charge in [0.05, 0.1) is 6.61 Å². The zero-order valence-corrected chi connectivity index (χ0v) is 10.2. The molecule has 0 unspecified atom stereocenters. The number of nitrogens with zero attached hydrogens (tertiary/aromatic N) is 2. The van der Waals surface area contributed by atoms with Crippen LogP contribution in [-0.2, 0) is 17.8 Å². The second-order valence-electron chi connectivity index (χ2n) is 3.75. The molecule has 0 saturated carbocycles. The molecule has 2 aromatic rings. The first-order valence-corrected chi connectivity index (χ1v) is 5.70. The number of nitrogens with two attached hydrogens (primary N) is 1. The summed E-state index contributed by atoms with van der Waals surface area (Å²) in [6.45, 7) is 1.01. The predicted molar refractivity (Wildman–Crippen MR) is 67.5 cm³/mol. The maximum Gasteiger partial charge on any atom is 0.320 e. The van der Waals surface area contributed by atoms with Crippen LogP contribution in [-0.4, -0.2) is 23.9 Å². The second-order valence-corrected chi connectivity index (χ2v) is 3.75. The Bertz CT molecular complexity index is 498. The number of hydrogen-bond donors (Lipinski definition) is 2. The Morgan fingerprint density at radius 3 is 2.94 bits per heavy atom. The van der Waals surface area contributed by atoms with E-state index in [1.54, 1.807) is 7.11 Å². The van der Waals surface area contributed by atoms with E-state index in [1.807, 2.05) is 24.3 Å². The Labute approximate surface area is 105 Å². The van der Waals surface area contributed by atoms with E-state index in [1.165, 1.54) is 0 Å². The third kappa shape index (κ3) is 3.06. The maximum atomic E-state index is 5.42. The number of anilines is 2. The number of nitrogens with one attached hydrogen (secondary N) is 1. The van der Waals surface area contributed by atoms with Gasteiger partial charge in [-0.3, -0.25) is 0 Å². The van der Waals surface area contributed by atoms with Crippen LogP contribution in [0.4, 0.5) is 11.7 Å². The number of aromatic nitrogens is 2. The Morgan fingerprint density at radius 1 is 1.33 bits per heavy atom. The Hall–Kier alpha value is -1.92. The fraction of sp³-hybridized carbons (Fsp3) is 0.333. The zero-order valence-electron chi connectivity index (χ0n) is 10.2. The lowest BCUT2D eigenvalue weighted by Crippen LogP contribution is -2.02. The number of para-hydroxylation sites is 1. The van der Waals surface area contributed by atoms with Crippen molar-refractivity contribution in [3.8, 4) is 0 Å². The van der Waals surface area contributed by atoms with Gasteiger partial charge in [-0.2, -0.15) is 0 Å². The van der Waals surface area contributed by atoms with Gasteiger partial charge in [0.1, 0.15) is 0 Å². The van der Waals surface area contributed by atoms with Crippen molar-refractivity contribution in [1.82, 2.24) is 10.2 Å². The van der Waals surface area contributed by atoms with Crippen LogP contribution in [0.1, 0.15) is 11.5 Å². The highest BCUT2D eigenvalue weighted by atomic mass is 16.5. The van der Waals surface area contributed by atoms with Crippen LogP contribution in [0.25, 0.3) is 0 Å². The van der Waals surface area contributed by atoms with E-state index in [0.717, 1.165) is 11.3 Å². The molecule has 6 nitrogen and oxygen atoms in total. The van der Waals surface area contributed by atoms with Crippen LogP contribution in [0.5, 0.6) is 0 Å². The van der Waals surface area contributed by atoms with Gasteiger partial charge in [0.25, 0.3) is 0 Å². The fourth-order valence-corrected chi connectivity index (χ4v) is 1.57. The van der Waals surface area contributed by atoms with Crippen molar-refractivity contribution in [2.24, 2.45) is 5.73 Å². The standard InChI is InChI=1S/C12H16N4O2/c1-17-8-9-4-2-3-5-10(9)14-12-16-15-11(18-12)6-7-13/h2-5H,6-8,13H2,1H3,(H,14,16). The van der Waals surface area contributed by atoms with Crippen LogP contribution in [0.3, 0.4) is 0 Å². The molecule has 0 aliphatic carbocycles. The number of methoxy groups -OCH3 is 1. The van der Waals surface area contributed by atoms with E-state index in [4.69, 9.17) is 14.9 Å². The molecule has 0 aliphatic rings. The molecule has 1 heterocycles. The molecule has 18 heavy (non-hydrogen) atoms. The number of rotatable bonds is 6. The van der Waals surface area contributed by atoms with Crippen molar-refractivity contribution in [3.63, 3.8) is 0 Å². The van der Waals surface area contributed by atoms with Gasteiger partial charge < -0.3 is 20.2 Å². The fourth-order valence-electron chi connectivity index (χ4n) is 1.57. The highest BCUT2D eigenvalue weighted by Gasteiger charge is 2.07. The number of benzene rings is 1. The van der Waals surface area contributed by atoms with Crippen LogP contribution < -0.4 is 11.1 Å². The first-order valence-electron chi connectivity index (χ1n) is 5.70. The van der Waals surface area contributed by atoms with Crippen LogP contribution in [0.2, 0.25) is 0 Å². The van der Waals surface area contributed by atoms with E-state index < -0.39 is 0 Å². The van der Waals surface area contributed by atoms with Gasteiger partial charge in [0.15, 0.2) is 0 Å². The van der Waals surface area contributed by atoms with Gasteiger partial charge in [-0.1, -0.05) is 23.3 Å². The average molecular weight is 248 g/mol. The topological polar surface area (TPSA) is 86.2 Å². The van der Waals surface area contributed by atoms with Crippen molar-refractivity contribution < 1.29 is 9.15 Å². The summed E-state index contributed by atoms with van der Waals surface area (Å²) in [5.41, 5.74) is 7.34. The summed E-state index contributed by atoms with van der Waals surface area (Å²) >= 11 is 0. The lowest BCUT2D eigenvalue weighted by molar-refractivity contribution is 0.185. The molecule has 3 N–H and O–H groups in total. The van der Waals surface area contributed by atoms with Crippen LogP contribution >= 0.6 is 0 Å². The lowest BCUT2D eigenvalue weighted by Gasteiger charge is -2.07. The zero-order chi connectivity index (χ0) is 12.8. The molecule has 2 rings (SSSR count).